The number of anilines is 2. The molecule has 0 radical (unpaired) electrons. The summed E-state index contributed by atoms with van der Waals surface area (Å²) >= 11 is 0. The van der Waals surface area contributed by atoms with E-state index in [1.54, 1.807) is 52.8 Å². The molecule has 7 nitrogen and oxygen atoms in total. The first-order valence-corrected chi connectivity index (χ1v) is 11.1. The van der Waals surface area contributed by atoms with Gasteiger partial charge in [-0.3, -0.25) is 0 Å². The Morgan fingerprint density at radius 1 is 1.09 bits per heavy atom. The van der Waals surface area contributed by atoms with E-state index in [-0.39, 0.29) is 11.7 Å². The van der Waals surface area contributed by atoms with Crippen LogP contribution in [0.25, 0.3) is 5.69 Å². The van der Waals surface area contributed by atoms with Gasteiger partial charge in [-0.25, -0.2) is 14.1 Å². The zero-order chi connectivity index (χ0) is 24.6. The van der Waals surface area contributed by atoms with Gasteiger partial charge >= 0.3 is 6.36 Å². The fourth-order valence-electron chi connectivity index (χ4n) is 4.33. The van der Waals surface area contributed by atoms with Crippen LogP contribution >= 0.6 is 0 Å². The average molecular weight is 486 g/mol. The van der Waals surface area contributed by atoms with Crippen molar-refractivity contribution in [2.45, 2.75) is 45.0 Å². The Morgan fingerprint density at radius 2 is 1.89 bits per heavy atom. The summed E-state index contributed by atoms with van der Waals surface area (Å²) in [4.78, 5) is 8.78. The van der Waals surface area contributed by atoms with Crippen LogP contribution in [0.5, 0.6) is 5.75 Å². The molecule has 5 rings (SSSR count). The molecule has 11 heteroatoms. The number of benzene rings is 2. The molecule has 0 saturated carbocycles. The predicted molar refractivity (Wildman–Crippen MR) is 120 cm³/mol. The highest BCUT2D eigenvalue weighted by Crippen LogP contribution is 2.34. The second kappa shape index (κ2) is 9.05. The number of hydrogen-bond donors (Lipinski definition) is 1. The second-order valence-electron chi connectivity index (χ2n) is 8.32. The molecule has 182 valence electrons. The number of imidazole rings is 1. The molecule has 1 aliphatic rings. The van der Waals surface area contributed by atoms with Crippen molar-refractivity contribution in [1.29, 1.82) is 0 Å². The van der Waals surface area contributed by atoms with Gasteiger partial charge in [-0.15, -0.1) is 18.3 Å². The van der Waals surface area contributed by atoms with Crippen molar-refractivity contribution in [3.63, 3.8) is 0 Å². The number of rotatable bonds is 5. The van der Waals surface area contributed by atoms with E-state index in [0.29, 0.717) is 35.5 Å². The summed E-state index contributed by atoms with van der Waals surface area (Å²) in [6, 6.07) is 10.6. The van der Waals surface area contributed by atoms with Crippen LogP contribution < -0.4 is 10.1 Å². The van der Waals surface area contributed by atoms with Crippen LogP contribution in [-0.2, 0) is 6.54 Å². The van der Waals surface area contributed by atoms with E-state index in [2.05, 4.69) is 25.1 Å². The summed E-state index contributed by atoms with van der Waals surface area (Å²) < 4.78 is 59.7. The molecular formula is C24H22F4N6O. The zero-order valence-electron chi connectivity index (χ0n) is 18.8. The van der Waals surface area contributed by atoms with Gasteiger partial charge < -0.3 is 14.6 Å². The summed E-state index contributed by atoms with van der Waals surface area (Å²) in [5.74, 6) is 0.887. The Bertz CT molecular complexity index is 1330. The third kappa shape index (κ3) is 4.98. The number of aromatic nitrogens is 5. The Balaban J connectivity index is 1.38. The number of nitrogens with one attached hydrogen (secondary N) is 1. The molecule has 1 atom stereocenters. The lowest BCUT2D eigenvalue weighted by Gasteiger charge is -2.15. The topological polar surface area (TPSA) is 69.8 Å². The monoisotopic (exact) mass is 486 g/mol. The van der Waals surface area contributed by atoms with Crippen LogP contribution in [0.3, 0.4) is 0 Å². The van der Waals surface area contributed by atoms with Gasteiger partial charge in [0.2, 0.25) is 5.95 Å². The first-order chi connectivity index (χ1) is 16.8. The Labute approximate surface area is 198 Å². The van der Waals surface area contributed by atoms with Crippen molar-refractivity contribution in [2.75, 3.05) is 5.32 Å². The van der Waals surface area contributed by atoms with E-state index in [1.165, 1.54) is 18.2 Å². The molecule has 1 N–H and O–H groups in total. The number of hydrogen-bond acceptors (Lipinski definition) is 5. The molecule has 1 aliphatic heterocycles. The molecule has 2 aromatic heterocycles. The largest absolute Gasteiger partial charge is 0.573 e. The summed E-state index contributed by atoms with van der Waals surface area (Å²) in [5, 5.41) is 7.61. The van der Waals surface area contributed by atoms with Crippen molar-refractivity contribution in [3.8, 4) is 11.4 Å². The molecule has 0 unspecified atom stereocenters. The third-order valence-corrected chi connectivity index (χ3v) is 5.93. The fraction of sp³-hybridized carbons (Fsp3) is 0.292. The molecule has 2 aromatic carbocycles. The van der Waals surface area contributed by atoms with Crippen LogP contribution in [-0.4, -0.2) is 30.7 Å². The molecule has 4 aromatic rings. The quantitative estimate of drug-likeness (QED) is 0.358. The maximum atomic E-state index is 14.8. The first-order valence-electron chi connectivity index (χ1n) is 11.1. The summed E-state index contributed by atoms with van der Waals surface area (Å²) in [6.45, 7) is 2.46. The smallest absolute Gasteiger partial charge is 0.406 e. The van der Waals surface area contributed by atoms with Gasteiger partial charge in [0.25, 0.3) is 0 Å². The summed E-state index contributed by atoms with van der Waals surface area (Å²) in [5.41, 5.74) is 1.71. The van der Waals surface area contributed by atoms with Crippen LogP contribution in [0.4, 0.5) is 29.2 Å². The number of nitrogens with zero attached hydrogens (tertiary/aromatic N) is 5. The summed E-state index contributed by atoms with van der Waals surface area (Å²) in [7, 11) is 0. The first kappa shape index (κ1) is 22.9. The number of aryl methyl sites for hydroxylation is 2. The highest BCUT2D eigenvalue weighted by molar-refractivity contribution is 5.56. The minimum Gasteiger partial charge on any atom is -0.406 e. The van der Waals surface area contributed by atoms with Crippen molar-refractivity contribution < 1.29 is 22.3 Å². The lowest BCUT2D eigenvalue weighted by atomic mass is 9.93. The van der Waals surface area contributed by atoms with Crippen molar-refractivity contribution >= 4 is 11.6 Å². The standard InChI is InChI=1S/C24H22F4N6O/c1-15-29-11-13-33(15)21-10-7-17(14-20(21)25)30-23-31-22-19(4-2-3-12-34(22)32-23)16-5-8-18(9-6-16)35-24(26,27)28/h5-11,13-14,19H,2-4,12H2,1H3,(H,30,32)/t19-/m0/s1. The minimum absolute atomic E-state index is 0.135. The molecule has 35 heavy (non-hydrogen) atoms. The van der Waals surface area contributed by atoms with E-state index in [9.17, 15) is 17.6 Å². The van der Waals surface area contributed by atoms with Crippen molar-refractivity contribution in [3.05, 3.63) is 77.9 Å². The molecule has 0 saturated heterocycles. The van der Waals surface area contributed by atoms with Gasteiger partial charge in [0.05, 0.1) is 5.69 Å². The van der Waals surface area contributed by atoms with Gasteiger partial charge in [-0.2, -0.15) is 4.98 Å². The van der Waals surface area contributed by atoms with Crippen LogP contribution in [0.2, 0.25) is 0 Å². The molecule has 0 aliphatic carbocycles. The normalized spacial score (nSPS) is 16.0. The fourth-order valence-corrected chi connectivity index (χ4v) is 4.33. The van der Waals surface area contributed by atoms with E-state index < -0.39 is 12.2 Å². The van der Waals surface area contributed by atoms with Crippen LogP contribution in [0.15, 0.2) is 54.9 Å². The third-order valence-electron chi connectivity index (χ3n) is 5.93. The van der Waals surface area contributed by atoms with Crippen LogP contribution in [0.1, 0.15) is 42.4 Å². The molecule has 0 fully saturated rings. The van der Waals surface area contributed by atoms with Gasteiger partial charge in [-0.05, 0) is 55.7 Å². The SMILES string of the molecule is Cc1nccn1-c1ccc(Nc2nc3n(n2)CCCC[C@H]3c2ccc(OC(F)(F)F)cc2)cc1F. The number of ether oxygens (including phenoxy) is 1. The van der Waals surface area contributed by atoms with Gasteiger partial charge in [0, 0.05) is 30.5 Å². The molecular weight excluding hydrogens is 464 g/mol. The number of halogens is 4. The predicted octanol–water partition coefficient (Wildman–Crippen LogP) is 5.87. The molecule has 0 amide bonds. The highest BCUT2D eigenvalue weighted by atomic mass is 19.4. The second-order valence-corrected chi connectivity index (χ2v) is 8.32. The molecule has 0 bridgehead atoms. The Hall–Kier alpha value is -3.89. The van der Waals surface area contributed by atoms with Gasteiger partial charge in [0.1, 0.15) is 23.2 Å². The maximum absolute atomic E-state index is 14.8. The van der Waals surface area contributed by atoms with E-state index in [1.807, 2.05) is 0 Å². The zero-order valence-corrected chi connectivity index (χ0v) is 18.8. The average Bonchev–Trinajstić information content (AvgIpc) is 3.34. The lowest BCUT2D eigenvalue weighted by molar-refractivity contribution is -0.274. The van der Waals surface area contributed by atoms with E-state index in [0.717, 1.165) is 24.8 Å². The van der Waals surface area contributed by atoms with Gasteiger partial charge in [0.15, 0.2) is 0 Å². The maximum Gasteiger partial charge on any atom is 0.573 e. The van der Waals surface area contributed by atoms with Crippen molar-refractivity contribution in [1.82, 2.24) is 24.3 Å². The minimum atomic E-state index is -4.74. The van der Waals surface area contributed by atoms with E-state index >= 15 is 0 Å². The van der Waals surface area contributed by atoms with Gasteiger partial charge in [-0.1, -0.05) is 18.6 Å². The highest BCUT2D eigenvalue weighted by Gasteiger charge is 2.31. The summed E-state index contributed by atoms with van der Waals surface area (Å²) in [6.07, 6.45) is 1.17. The Morgan fingerprint density at radius 3 is 2.57 bits per heavy atom. The Kier molecular flexibility index (Phi) is 5.91. The number of alkyl halides is 3. The van der Waals surface area contributed by atoms with Crippen LogP contribution in [0, 0.1) is 12.7 Å². The lowest BCUT2D eigenvalue weighted by Crippen LogP contribution is -2.17. The number of fused-ring (bicyclic) bond motifs is 1. The molecule has 3 heterocycles. The van der Waals surface area contributed by atoms with Crippen molar-refractivity contribution in [2.24, 2.45) is 0 Å². The molecule has 0 spiro atoms. The van der Waals surface area contributed by atoms with E-state index in [4.69, 9.17) is 0 Å².